The summed E-state index contributed by atoms with van der Waals surface area (Å²) in [6.07, 6.45) is 1.76. The van der Waals surface area contributed by atoms with Crippen LogP contribution in [0.25, 0.3) is 0 Å². The minimum absolute atomic E-state index is 0.216. The van der Waals surface area contributed by atoms with Crippen molar-refractivity contribution in [3.05, 3.63) is 17.6 Å². The van der Waals surface area contributed by atoms with Crippen molar-refractivity contribution in [2.75, 3.05) is 51.2 Å². The zero-order chi connectivity index (χ0) is 16.4. The Bertz CT molecular complexity index is 530. The molecule has 6 nitrogen and oxygen atoms in total. The lowest BCUT2D eigenvalue weighted by molar-refractivity contribution is 0.0512. The molecule has 0 radical (unpaired) electrons. The first-order valence-electron chi connectivity index (χ1n) is 8.77. The van der Waals surface area contributed by atoms with Crippen LogP contribution in [0.3, 0.4) is 0 Å². The standard InChI is InChI=1S/C17H29N5O/c1-4-5-14-10-17(19-13(2)18-14)22-11-15(16(23)12-22)21-8-6-20(3)7-9-21/h10,15-16,23H,4-9,11-12H2,1-3H3/t15-,16-/m0/s1. The molecule has 3 heterocycles. The molecular weight excluding hydrogens is 290 g/mol. The van der Waals surface area contributed by atoms with E-state index >= 15 is 0 Å². The summed E-state index contributed by atoms with van der Waals surface area (Å²) >= 11 is 0. The molecule has 23 heavy (non-hydrogen) atoms. The highest BCUT2D eigenvalue weighted by atomic mass is 16.3. The number of hydrogen-bond acceptors (Lipinski definition) is 6. The summed E-state index contributed by atoms with van der Waals surface area (Å²) in [6, 6.07) is 2.31. The number of rotatable bonds is 4. The van der Waals surface area contributed by atoms with Crippen LogP contribution in [0.5, 0.6) is 0 Å². The summed E-state index contributed by atoms with van der Waals surface area (Å²) in [4.78, 5) is 16.1. The van der Waals surface area contributed by atoms with E-state index < -0.39 is 0 Å². The molecule has 1 N–H and O–H groups in total. The van der Waals surface area contributed by atoms with Crippen molar-refractivity contribution in [3.63, 3.8) is 0 Å². The fourth-order valence-electron chi connectivity index (χ4n) is 3.63. The molecule has 0 aromatic carbocycles. The second kappa shape index (κ2) is 7.11. The number of aliphatic hydroxyl groups is 1. The molecule has 2 saturated heterocycles. The van der Waals surface area contributed by atoms with Gasteiger partial charge in [-0.3, -0.25) is 4.90 Å². The Labute approximate surface area is 139 Å². The van der Waals surface area contributed by atoms with Gasteiger partial charge in [-0.2, -0.15) is 0 Å². The first-order valence-corrected chi connectivity index (χ1v) is 8.77. The Morgan fingerprint density at radius 3 is 2.61 bits per heavy atom. The normalized spacial score (nSPS) is 26.9. The van der Waals surface area contributed by atoms with E-state index in [1.165, 1.54) is 0 Å². The molecule has 1 aromatic rings. The van der Waals surface area contributed by atoms with Gasteiger partial charge in [0.1, 0.15) is 11.6 Å². The average Bonchev–Trinajstić information content (AvgIpc) is 2.90. The number of likely N-dealkylation sites (N-methyl/N-ethyl adjacent to an activating group) is 1. The number of aryl methyl sites for hydroxylation is 2. The van der Waals surface area contributed by atoms with Crippen LogP contribution < -0.4 is 4.90 Å². The molecule has 0 amide bonds. The molecule has 1 aromatic heterocycles. The third-order valence-electron chi connectivity index (χ3n) is 4.97. The van der Waals surface area contributed by atoms with Gasteiger partial charge in [0.2, 0.25) is 0 Å². The van der Waals surface area contributed by atoms with Crippen molar-refractivity contribution in [1.82, 2.24) is 19.8 Å². The van der Waals surface area contributed by atoms with E-state index in [1.54, 1.807) is 0 Å². The summed E-state index contributed by atoms with van der Waals surface area (Å²) in [5, 5.41) is 10.5. The fraction of sp³-hybridized carbons (Fsp3) is 0.765. The summed E-state index contributed by atoms with van der Waals surface area (Å²) in [6.45, 7) is 9.87. The molecule has 0 bridgehead atoms. The van der Waals surface area contributed by atoms with Crippen LogP contribution in [0.15, 0.2) is 6.07 Å². The van der Waals surface area contributed by atoms with Crippen LogP contribution in [0.2, 0.25) is 0 Å². The van der Waals surface area contributed by atoms with E-state index in [2.05, 4.69) is 44.7 Å². The third kappa shape index (κ3) is 3.82. The van der Waals surface area contributed by atoms with Crippen molar-refractivity contribution < 1.29 is 5.11 Å². The second-order valence-electron chi connectivity index (χ2n) is 6.89. The number of aromatic nitrogens is 2. The van der Waals surface area contributed by atoms with Gasteiger partial charge < -0.3 is 14.9 Å². The zero-order valence-electron chi connectivity index (χ0n) is 14.6. The lowest BCUT2D eigenvalue weighted by Gasteiger charge is -2.37. The number of hydrogen-bond donors (Lipinski definition) is 1. The third-order valence-corrected chi connectivity index (χ3v) is 4.97. The molecule has 0 unspecified atom stereocenters. The Kier molecular flexibility index (Phi) is 5.14. The molecule has 2 aliphatic heterocycles. The molecule has 6 heteroatoms. The summed E-state index contributed by atoms with van der Waals surface area (Å²) in [7, 11) is 2.16. The minimum atomic E-state index is -0.302. The highest BCUT2D eigenvalue weighted by molar-refractivity contribution is 5.42. The molecule has 2 atom stereocenters. The Hall–Kier alpha value is -1.24. The predicted molar refractivity (Wildman–Crippen MR) is 91.8 cm³/mol. The van der Waals surface area contributed by atoms with Gasteiger partial charge in [-0.15, -0.1) is 0 Å². The summed E-state index contributed by atoms with van der Waals surface area (Å²) < 4.78 is 0. The average molecular weight is 319 g/mol. The van der Waals surface area contributed by atoms with E-state index in [4.69, 9.17) is 0 Å². The maximum atomic E-state index is 10.5. The van der Waals surface area contributed by atoms with E-state index in [1.807, 2.05) is 6.92 Å². The van der Waals surface area contributed by atoms with E-state index in [-0.39, 0.29) is 12.1 Å². The number of nitrogens with zero attached hydrogens (tertiary/aromatic N) is 5. The minimum Gasteiger partial charge on any atom is -0.390 e. The monoisotopic (exact) mass is 319 g/mol. The van der Waals surface area contributed by atoms with Crippen LogP contribution in [-0.2, 0) is 6.42 Å². The van der Waals surface area contributed by atoms with Crippen molar-refractivity contribution in [2.45, 2.75) is 38.8 Å². The summed E-state index contributed by atoms with van der Waals surface area (Å²) in [5.74, 6) is 1.79. The van der Waals surface area contributed by atoms with E-state index in [0.717, 1.165) is 62.9 Å². The number of anilines is 1. The lowest BCUT2D eigenvalue weighted by Crippen LogP contribution is -2.52. The van der Waals surface area contributed by atoms with E-state index in [0.29, 0.717) is 6.54 Å². The highest BCUT2D eigenvalue weighted by Gasteiger charge is 2.37. The largest absolute Gasteiger partial charge is 0.390 e. The van der Waals surface area contributed by atoms with Gasteiger partial charge in [0.25, 0.3) is 0 Å². The van der Waals surface area contributed by atoms with Crippen molar-refractivity contribution in [1.29, 1.82) is 0 Å². The van der Waals surface area contributed by atoms with Gasteiger partial charge in [-0.1, -0.05) is 13.3 Å². The number of β-amino-alcohol motifs (C(OH)–C–C–N with tert-alkyl or cyclic N) is 1. The molecule has 2 aliphatic rings. The summed E-state index contributed by atoms with van der Waals surface area (Å²) in [5.41, 5.74) is 1.10. The molecule has 128 valence electrons. The molecule has 3 rings (SSSR count). The Morgan fingerprint density at radius 2 is 1.91 bits per heavy atom. The molecule has 2 fully saturated rings. The van der Waals surface area contributed by atoms with Crippen molar-refractivity contribution in [3.8, 4) is 0 Å². The maximum absolute atomic E-state index is 10.5. The Balaban J connectivity index is 1.70. The topological polar surface area (TPSA) is 55.7 Å². The van der Waals surface area contributed by atoms with Gasteiger partial charge >= 0.3 is 0 Å². The van der Waals surface area contributed by atoms with E-state index in [9.17, 15) is 5.11 Å². The molecule has 0 saturated carbocycles. The highest BCUT2D eigenvalue weighted by Crippen LogP contribution is 2.23. The quantitative estimate of drug-likeness (QED) is 0.874. The van der Waals surface area contributed by atoms with Gasteiger partial charge in [0.15, 0.2) is 0 Å². The van der Waals surface area contributed by atoms with Crippen LogP contribution in [-0.4, -0.2) is 83.3 Å². The van der Waals surface area contributed by atoms with Gasteiger partial charge in [0.05, 0.1) is 12.1 Å². The predicted octanol–water partition coefficient (Wildman–Crippen LogP) is 0.534. The fourth-order valence-corrected chi connectivity index (χ4v) is 3.63. The maximum Gasteiger partial charge on any atom is 0.132 e. The van der Waals surface area contributed by atoms with Crippen LogP contribution in [0.1, 0.15) is 24.9 Å². The van der Waals surface area contributed by atoms with Crippen LogP contribution in [0, 0.1) is 6.92 Å². The molecular formula is C17H29N5O. The van der Waals surface area contributed by atoms with Gasteiger partial charge in [-0.05, 0) is 20.4 Å². The number of aliphatic hydroxyl groups excluding tert-OH is 1. The van der Waals surface area contributed by atoms with Gasteiger partial charge in [-0.25, -0.2) is 9.97 Å². The van der Waals surface area contributed by atoms with Crippen LogP contribution >= 0.6 is 0 Å². The SMILES string of the molecule is CCCc1cc(N2C[C@H](O)[C@@H](N3CCN(C)CC3)C2)nc(C)n1. The lowest BCUT2D eigenvalue weighted by atomic mass is 10.1. The molecule has 0 spiro atoms. The first-order chi connectivity index (χ1) is 11.1. The zero-order valence-corrected chi connectivity index (χ0v) is 14.6. The van der Waals surface area contributed by atoms with Crippen LogP contribution in [0.4, 0.5) is 5.82 Å². The van der Waals surface area contributed by atoms with Crippen molar-refractivity contribution in [2.24, 2.45) is 0 Å². The van der Waals surface area contributed by atoms with Crippen molar-refractivity contribution >= 4 is 5.82 Å². The van der Waals surface area contributed by atoms with Gasteiger partial charge in [0, 0.05) is 51.0 Å². The smallest absolute Gasteiger partial charge is 0.132 e. The number of piperazine rings is 1. The second-order valence-corrected chi connectivity index (χ2v) is 6.89. The molecule has 0 aliphatic carbocycles. The Morgan fingerprint density at radius 1 is 1.17 bits per heavy atom. The first kappa shape index (κ1) is 16.6.